The van der Waals surface area contributed by atoms with E-state index in [1.807, 2.05) is 0 Å². The third kappa shape index (κ3) is 2.61. The van der Waals surface area contributed by atoms with Gasteiger partial charge in [-0.1, -0.05) is 18.2 Å². The molecule has 7 nitrogen and oxygen atoms in total. The molecule has 0 aromatic heterocycles. The van der Waals surface area contributed by atoms with E-state index in [2.05, 4.69) is 0 Å². The van der Waals surface area contributed by atoms with Crippen molar-refractivity contribution in [3.05, 3.63) is 64.2 Å². The van der Waals surface area contributed by atoms with Crippen LogP contribution in [-0.2, 0) is 9.84 Å². The number of nitro groups is 1. The first-order chi connectivity index (χ1) is 10.7. The third-order valence-corrected chi connectivity index (χ3v) is 7.90. The summed E-state index contributed by atoms with van der Waals surface area (Å²) in [6.45, 7) is 0. The van der Waals surface area contributed by atoms with Gasteiger partial charge in [0.05, 0.1) is 20.5 Å². The minimum absolute atomic E-state index is 0.0591. The molecule has 0 bridgehead atoms. The number of hydrogen-bond acceptors (Lipinski definition) is 6. The quantitative estimate of drug-likeness (QED) is 0.644. The second-order valence-corrected chi connectivity index (χ2v) is 9.40. The predicted molar refractivity (Wildman–Crippen MR) is 85.4 cm³/mol. The molecule has 2 aromatic carbocycles. The maximum atomic E-state index is 12.8. The fourth-order valence-corrected chi connectivity index (χ4v) is 7.05. The second kappa shape index (κ2) is 5.31. The summed E-state index contributed by atoms with van der Waals surface area (Å²) in [5.41, 5.74) is -0.0964. The molecule has 0 radical (unpaired) electrons. The van der Waals surface area contributed by atoms with Gasteiger partial charge in [-0.15, -0.1) is 0 Å². The van der Waals surface area contributed by atoms with E-state index >= 15 is 0 Å². The van der Waals surface area contributed by atoms with Gasteiger partial charge in [0.25, 0.3) is 5.69 Å². The maximum absolute atomic E-state index is 12.8. The number of hydrogen-bond donors (Lipinski definition) is 2. The Hall–Kier alpha value is -1.94. The molecule has 2 N–H and O–H groups in total. The van der Waals surface area contributed by atoms with E-state index in [0.717, 1.165) is 6.07 Å². The molecule has 0 amide bonds. The van der Waals surface area contributed by atoms with E-state index in [0.29, 0.717) is 0 Å². The lowest BCUT2D eigenvalue weighted by molar-refractivity contribution is -0.385. The van der Waals surface area contributed by atoms with Crippen LogP contribution >= 0.6 is 10.6 Å². The van der Waals surface area contributed by atoms with Crippen LogP contribution in [0.1, 0.15) is 10.8 Å². The first-order valence-corrected chi connectivity index (χ1v) is 9.83. The van der Waals surface area contributed by atoms with Gasteiger partial charge in [-0.3, -0.25) is 19.2 Å². The van der Waals surface area contributed by atoms with E-state index in [4.69, 9.17) is 0 Å². The number of fused-ring (bicyclic) bond motifs is 1. The van der Waals surface area contributed by atoms with Crippen LogP contribution < -0.4 is 0 Å². The van der Waals surface area contributed by atoms with E-state index in [1.54, 1.807) is 18.2 Å². The minimum Gasteiger partial charge on any atom is -0.295 e. The molecule has 0 fully saturated rings. The van der Waals surface area contributed by atoms with Crippen LogP contribution in [0.25, 0.3) is 0 Å². The summed E-state index contributed by atoms with van der Waals surface area (Å²) < 4.78 is 45.9. The van der Waals surface area contributed by atoms with Crippen molar-refractivity contribution >= 4 is 26.1 Å². The standard InChI is InChI=1S/C14H13NO6S2/c16-15(17)10-6-7-12-13(8-10)22(18,19)9-14(12)23(20,21)11-4-2-1-3-5-11/h1-8,14,18-19H,9H2. The highest BCUT2D eigenvalue weighted by Crippen LogP contribution is 2.61. The van der Waals surface area contributed by atoms with Crippen LogP contribution in [-0.4, -0.2) is 28.2 Å². The molecule has 1 unspecified atom stereocenters. The Morgan fingerprint density at radius 1 is 1.13 bits per heavy atom. The van der Waals surface area contributed by atoms with Crippen LogP contribution in [0.3, 0.4) is 0 Å². The predicted octanol–water partition coefficient (Wildman–Crippen LogP) is 3.23. The van der Waals surface area contributed by atoms with Crippen molar-refractivity contribution in [2.24, 2.45) is 0 Å². The van der Waals surface area contributed by atoms with Gasteiger partial charge in [0.2, 0.25) is 0 Å². The Balaban J connectivity index is 2.14. The first kappa shape index (κ1) is 15.9. The monoisotopic (exact) mass is 355 g/mol. The largest absolute Gasteiger partial charge is 0.295 e. The molecule has 0 aliphatic carbocycles. The molecule has 9 heteroatoms. The van der Waals surface area contributed by atoms with Gasteiger partial charge in [0, 0.05) is 12.1 Å². The topological polar surface area (TPSA) is 118 Å². The molecular formula is C14H13NO6S2. The lowest BCUT2D eigenvalue weighted by Crippen LogP contribution is -2.15. The lowest BCUT2D eigenvalue weighted by Gasteiger charge is -2.27. The average molecular weight is 355 g/mol. The van der Waals surface area contributed by atoms with E-state index < -0.39 is 30.6 Å². The van der Waals surface area contributed by atoms with Crippen molar-refractivity contribution in [3.8, 4) is 0 Å². The zero-order valence-electron chi connectivity index (χ0n) is 11.7. The molecule has 1 atom stereocenters. The summed E-state index contributed by atoms with van der Waals surface area (Å²) in [5.74, 6) is -0.388. The second-order valence-electron chi connectivity index (χ2n) is 5.16. The summed E-state index contributed by atoms with van der Waals surface area (Å²) in [7, 11) is -7.21. The van der Waals surface area contributed by atoms with Crippen molar-refractivity contribution < 1.29 is 22.4 Å². The van der Waals surface area contributed by atoms with Gasteiger partial charge in [-0.25, -0.2) is 8.42 Å². The molecule has 1 aliphatic heterocycles. The van der Waals surface area contributed by atoms with Crippen LogP contribution in [0.2, 0.25) is 0 Å². The molecule has 1 heterocycles. The van der Waals surface area contributed by atoms with Gasteiger partial charge in [-0.2, -0.15) is 10.6 Å². The summed E-state index contributed by atoms with van der Waals surface area (Å²) in [4.78, 5) is 10.2. The molecule has 3 rings (SSSR count). The zero-order chi connectivity index (χ0) is 16.8. The Labute approximate surface area is 134 Å². The minimum atomic E-state index is -3.83. The number of nitrogens with zero attached hydrogens (tertiary/aromatic N) is 1. The molecule has 2 aromatic rings. The number of rotatable bonds is 3. The Morgan fingerprint density at radius 3 is 2.39 bits per heavy atom. The molecule has 23 heavy (non-hydrogen) atoms. The number of non-ortho nitro benzene ring substituents is 1. The fourth-order valence-electron chi connectivity index (χ4n) is 2.61. The summed E-state index contributed by atoms with van der Waals surface area (Å²) >= 11 is 0. The fraction of sp³-hybridized carbons (Fsp3) is 0.143. The summed E-state index contributed by atoms with van der Waals surface area (Å²) in [6.07, 6.45) is 0. The highest BCUT2D eigenvalue weighted by atomic mass is 32.3. The lowest BCUT2D eigenvalue weighted by atomic mass is 10.1. The van der Waals surface area contributed by atoms with Crippen LogP contribution in [0, 0.1) is 10.1 Å². The van der Waals surface area contributed by atoms with Crippen molar-refractivity contribution in [1.82, 2.24) is 0 Å². The van der Waals surface area contributed by atoms with Gasteiger partial charge >= 0.3 is 0 Å². The number of sulfone groups is 1. The van der Waals surface area contributed by atoms with Gasteiger partial charge in [-0.05, 0) is 23.8 Å². The Kier molecular flexibility index (Phi) is 3.68. The van der Waals surface area contributed by atoms with Crippen molar-refractivity contribution in [2.45, 2.75) is 15.0 Å². The smallest absolute Gasteiger partial charge is 0.271 e. The van der Waals surface area contributed by atoms with Crippen LogP contribution in [0.4, 0.5) is 5.69 Å². The molecule has 0 saturated heterocycles. The zero-order valence-corrected chi connectivity index (χ0v) is 13.3. The third-order valence-electron chi connectivity index (χ3n) is 3.74. The number of nitro benzene ring substituents is 1. The normalized spacial score (nSPS) is 20.7. The maximum Gasteiger partial charge on any atom is 0.271 e. The van der Waals surface area contributed by atoms with Crippen LogP contribution in [0.5, 0.6) is 0 Å². The molecule has 0 spiro atoms. The SMILES string of the molecule is O=[N+]([O-])c1ccc2c(c1)S(O)(O)CC2S(=O)(=O)c1ccccc1. The van der Waals surface area contributed by atoms with Crippen molar-refractivity contribution in [2.75, 3.05) is 5.75 Å². The van der Waals surface area contributed by atoms with Crippen molar-refractivity contribution in [1.29, 1.82) is 0 Å². The Bertz CT molecular complexity index is 879. The van der Waals surface area contributed by atoms with Gasteiger partial charge < -0.3 is 0 Å². The van der Waals surface area contributed by atoms with Crippen molar-refractivity contribution in [3.63, 3.8) is 0 Å². The van der Waals surface area contributed by atoms with Gasteiger partial charge in [0.15, 0.2) is 9.84 Å². The highest BCUT2D eigenvalue weighted by molar-refractivity contribution is 8.25. The van der Waals surface area contributed by atoms with E-state index in [1.165, 1.54) is 24.3 Å². The molecule has 0 saturated carbocycles. The molecule has 122 valence electrons. The molecule has 1 aliphatic rings. The summed E-state index contributed by atoms with van der Waals surface area (Å²) in [5, 5.41) is 9.71. The highest BCUT2D eigenvalue weighted by Gasteiger charge is 2.43. The van der Waals surface area contributed by atoms with E-state index in [-0.39, 0.29) is 26.8 Å². The van der Waals surface area contributed by atoms with E-state index in [9.17, 15) is 27.6 Å². The molecular weight excluding hydrogens is 342 g/mol. The van der Waals surface area contributed by atoms with Crippen LogP contribution in [0.15, 0.2) is 58.3 Å². The Morgan fingerprint density at radius 2 is 1.78 bits per heavy atom. The van der Waals surface area contributed by atoms with Gasteiger partial charge in [0.1, 0.15) is 5.25 Å². The number of benzene rings is 2. The average Bonchev–Trinajstić information content (AvgIpc) is 2.80. The summed E-state index contributed by atoms with van der Waals surface area (Å²) in [6, 6.07) is 11.2. The first-order valence-electron chi connectivity index (χ1n) is 6.57.